The molecule has 4 rings (SSSR count). The number of aromatic amines is 1. The maximum absolute atomic E-state index is 15.0. The van der Waals surface area contributed by atoms with Gasteiger partial charge in [-0.1, -0.05) is 6.07 Å². The van der Waals surface area contributed by atoms with Crippen molar-refractivity contribution >= 4 is 34.7 Å². The average Bonchev–Trinajstić information content (AvgIpc) is 3.45. The van der Waals surface area contributed by atoms with Crippen LogP contribution in [0.1, 0.15) is 44.1 Å². The van der Waals surface area contributed by atoms with E-state index in [1.54, 1.807) is 50.7 Å². The van der Waals surface area contributed by atoms with Gasteiger partial charge in [0, 0.05) is 36.3 Å². The molecule has 1 fully saturated rings. The first-order valence-corrected chi connectivity index (χ1v) is 11.9. The molecule has 9 nitrogen and oxygen atoms in total. The zero-order valence-electron chi connectivity index (χ0n) is 19.2. The lowest BCUT2D eigenvalue weighted by molar-refractivity contribution is 0.0500. The number of aromatic nitrogens is 3. The number of ether oxygens (including phenoxy) is 1. The van der Waals surface area contributed by atoms with Gasteiger partial charge in [-0.05, 0) is 45.7 Å². The normalized spacial score (nSPS) is 16.2. The summed E-state index contributed by atoms with van der Waals surface area (Å²) in [4.78, 5) is 31.3. The minimum absolute atomic E-state index is 0.206. The molecule has 2 aromatic heterocycles. The number of piperidine rings is 1. The van der Waals surface area contributed by atoms with Crippen molar-refractivity contribution in [2.24, 2.45) is 0 Å². The summed E-state index contributed by atoms with van der Waals surface area (Å²) >= 11 is 1.32. The molecule has 11 heteroatoms. The second-order valence-electron chi connectivity index (χ2n) is 9.05. The summed E-state index contributed by atoms with van der Waals surface area (Å²) < 4.78 is 20.3. The summed E-state index contributed by atoms with van der Waals surface area (Å²) in [5, 5.41) is 14.6. The standard InChI is InChI=1S/C23H27FN6O3S/c1-23(2,3)33-22(32)27-15-6-5-9-30(12-15)19-16(24)7-4-8-17(19)28-20(31)18-13-34-21(29-18)14-10-25-26-11-14/h4,7-8,10-11,13,15H,5-6,9,12H2,1-3H3,(H,25,26)(H,27,32)(H,28,31). The first kappa shape index (κ1) is 23.7. The number of hydrogen-bond acceptors (Lipinski definition) is 7. The van der Waals surface area contributed by atoms with E-state index in [1.807, 2.05) is 4.90 Å². The maximum atomic E-state index is 15.0. The van der Waals surface area contributed by atoms with Gasteiger partial charge in [0.1, 0.15) is 22.1 Å². The van der Waals surface area contributed by atoms with Gasteiger partial charge in [-0.3, -0.25) is 9.89 Å². The topological polar surface area (TPSA) is 112 Å². The lowest BCUT2D eigenvalue weighted by atomic mass is 10.0. The highest BCUT2D eigenvalue weighted by Gasteiger charge is 2.27. The van der Waals surface area contributed by atoms with E-state index in [4.69, 9.17) is 4.74 Å². The molecule has 0 saturated carbocycles. The molecule has 1 aromatic carbocycles. The van der Waals surface area contributed by atoms with Crippen LogP contribution in [0, 0.1) is 5.82 Å². The third kappa shape index (κ3) is 5.71. The number of benzene rings is 1. The Morgan fingerprint density at radius 1 is 1.32 bits per heavy atom. The highest BCUT2D eigenvalue weighted by atomic mass is 32.1. The van der Waals surface area contributed by atoms with Crippen molar-refractivity contribution in [1.82, 2.24) is 20.5 Å². The number of rotatable bonds is 5. The van der Waals surface area contributed by atoms with Crippen LogP contribution in [0.25, 0.3) is 10.6 Å². The van der Waals surface area contributed by atoms with Crippen molar-refractivity contribution in [1.29, 1.82) is 0 Å². The molecule has 34 heavy (non-hydrogen) atoms. The number of anilines is 2. The second kappa shape index (κ2) is 9.80. The summed E-state index contributed by atoms with van der Waals surface area (Å²) in [6.07, 6.45) is 4.33. The van der Waals surface area contributed by atoms with Crippen LogP contribution in [0.15, 0.2) is 36.0 Å². The largest absolute Gasteiger partial charge is 0.444 e. The van der Waals surface area contributed by atoms with Crippen LogP contribution in [0.4, 0.5) is 20.6 Å². The number of para-hydroxylation sites is 1. The smallest absolute Gasteiger partial charge is 0.407 e. The molecule has 3 aromatic rings. The number of carbonyl (C=O) groups excluding carboxylic acids is 2. The molecule has 1 aliphatic rings. The van der Waals surface area contributed by atoms with Gasteiger partial charge in [-0.25, -0.2) is 14.2 Å². The molecule has 0 spiro atoms. The van der Waals surface area contributed by atoms with Gasteiger partial charge in [-0.2, -0.15) is 5.10 Å². The molecule has 1 unspecified atom stereocenters. The van der Waals surface area contributed by atoms with E-state index in [0.717, 1.165) is 18.4 Å². The fourth-order valence-corrected chi connectivity index (χ4v) is 4.56. The van der Waals surface area contributed by atoms with Crippen LogP contribution in [0.2, 0.25) is 0 Å². The Labute approximate surface area is 200 Å². The monoisotopic (exact) mass is 486 g/mol. The zero-order valence-corrected chi connectivity index (χ0v) is 20.0. The van der Waals surface area contributed by atoms with Crippen molar-refractivity contribution < 1.29 is 18.7 Å². The molecule has 3 N–H and O–H groups in total. The molecule has 0 bridgehead atoms. The number of alkyl carbamates (subject to hydrolysis) is 1. The van der Waals surface area contributed by atoms with Gasteiger partial charge in [-0.15, -0.1) is 11.3 Å². The molecule has 0 radical (unpaired) electrons. The summed E-state index contributed by atoms with van der Waals surface area (Å²) in [5.41, 5.74) is 1.05. The molecule has 180 valence electrons. The minimum atomic E-state index is -0.603. The average molecular weight is 487 g/mol. The van der Waals surface area contributed by atoms with Gasteiger partial charge in [0.05, 0.1) is 17.6 Å². The van der Waals surface area contributed by atoms with Crippen LogP contribution in [-0.4, -0.2) is 51.9 Å². The molecule has 1 aliphatic heterocycles. The Morgan fingerprint density at radius 2 is 2.15 bits per heavy atom. The lowest BCUT2D eigenvalue weighted by Crippen LogP contribution is -2.49. The van der Waals surface area contributed by atoms with E-state index >= 15 is 0 Å². The van der Waals surface area contributed by atoms with Crippen molar-refractivity contribution in [2.75, 3.05) is 23.3 Å². The predicted octanol–water partition coefficient (Wildman–Crippen LogP) is 4.42. The highest BCUT2D eigenvalue weighted by molar-refractivity contribution is 7.13. The van der Waals surface area contributed by atoms with E-state index in [-0.39, 0.29) is 17.4 Å². The summed E-state index contributed by atoms with van der Waals surface area (Å²) in [6.45, 7) is 6.39. The maximum Gasteiger partial charge on any atom is 0.407 e. The minimum Gasteiger partial charge on any atom is -0.444 e. The fourth-order valence-electron chi connectivity index (χ4n) is 3.77. The Kier molecular flexibility index (Phi) is 6.82. The molecule has 0 aliphatic carbocycles. The molecule has 3 heterocycles. The number of H-pyrrole nitrogens is 1. The van der Waals surface area contributed by atoms with E-state index in [9.17, 15) is 14.0 Å². The Bertz CT molecular complexity index is 1160. The van der Waals surface area contributed by atoms with Crippen LogP contribution in [0.3, 0.4) is 0 Å². The van der Waals surface area contributed by atoms with Crippen LogP contribution < -0.4 is 15.5 Å². The zero-order chi connectivity index (χ0) is 24.3. The number of nitrogens with one attached hydrogen (secondary N) is 3. The first-order valence-electron chi connectivity index (χ1n) is 11.0. The van der Waals surface area contributed by atoms with E-state index in [1.165, 1.54) is 17.4 Å². The third-order valence-corrected chi connectivity index (χ3v) is 6.07. The number of hydrogen-bond donors (Lipinski definition) is 3. The Hall–Kier alpha value is -3.47. The number of thiazole rings is 1. The number of amides is 2. The molecule has 1 saturated heterocycles. The fraction of sp³-hybridized carbons (Fsp3) is 0.391. The van der Waals surface area contributed by atoms with Crippen LogP contribution >= 0.6 is 11.3 Å². The second-order valence-corrected chi connectivity index (χ2v) is 9.90. The van der Waals surface area contributed by atoms with Gasteiger partial charge < -0.3 is 20.3 Å². The molecular weight excluding hydrogens is 459 g/mol. The van der Waals surface area contributed by atoms with E-state index in [0.29, 0.717) is 23.8 Å². The Balaban J connectivity index is 1.48. The van der Waals surface area contributed by atoms with Crippen molar-refractivity contribution in [3.8, 4) is 10.6 Å². The van der Waals surface area contributed by atoms with Crippen LogP contribution in [0.5, 0.6) is 0 Å². The third-order valence-electron chi connectivity index (χ3n) is 5.18. The number of carbonyl (C=O) groups is 2. The quantitative estimate of drug-likeness (QED) is 0.492. The summed E-state index contributed by atoms with van der Waals surface area (Å²) in [7, 11) is 0. The summed E-state index contributed by atoms with van der Waals surface area (Å²) in [5.74, 6) is -0.883. The first-order chi connectivity index (χ1) is 16.2. The Morgan fingerprint density at radius 3 is 2.88 bits per heavy atom. The molecular formula is C23H27FN6O3S. The van der Waals surface area contributed by atoms with Crippen molar-refractivity contribution in [3.05, 3.63) is 47.5 Å². The SMILES string of the molecule is CC(C)(C)OC(=O)NC1CCCN(c2c(F)cccc2NC(=O)c2csc(-c3cn[nH]c3)n2)C1. The molecule has 1 atom stereocenters. The predicted molar refractivity (Wildman–Crippen MR) is 129 cm³/mol. The number of halogens is 1. The summed E-state index contributed by atoms with van der Waals surface area (Å²) in [6, 6.07) is 4.36. The van der Waals surface area contributed by atoms with Crippen molar-refractivity contribution in [2.45, 2.75) is 45.3 Å². The van der Waals surface area contributed by atoms with Gasteiger partial charge >= 0.3 is 6.09 Å². The number of nitrogens with zero attached hydrogens (tertiary/aromatic N) is 3. The van der Waals surface area contributed by atoms with E-state index in [2.05, 4.69) is 25.8 Å². The lowest BCUT2D eigenvalue weighted by Gasteiger charge is -2.36. The van der Waals surface area contributed by atoms with Gasteiger partial charge in [0.25, 0.3) is 5.91 Å². The van der Waals surface area contributed by atoms with E-state index < -0.39 is 23.4 Å². The van der Waals surface area contributed by atoms with Crippen LogP contribution in [-0.2, 0) is 4.74 Å². The van der Waals surface area contributed by atoms with Gasteiger partial charge in [0.2, 0.25) is 0 Å². The molecule has 2 amide bonds. The van der Waals surface area contributed by atoms with Gasteiger partial charge in [0.15, 0.2) is 0 Å². The highest BCUT2D eigenvalue weighted by Crippen LogP contribution is 2.32. The van der Waals surface area contributed by atoms with Crippen molar-refractivity contribution in [3.63, 3.8) is 0 Å².